The molecule has 1 saturated heterocycles. The highest BCUT2D eigenvalue weighted by molar-refractivity contribution is 5.67. The van der Waals surface area contributed by atoms with Crippen LogP contribution in [0.15, 0.2) is 48.5 Å². The Morgan fingerprint density at radius 3 is 2.57 bits per heavy atom. The number of likely N-dealkylation sites (tertiary alicyclic amines) is 1. The minimum Gasteiger partial charge on any atom is -0.393 e. The van der Waals surface area contributed by atoms with Crippen LogP contribution in [0.2, 0.25) is 0 Å². The SMILES string of the molecule is Cc1ccccc1-c1cccc(CN2CCC(O)CC2)c1. The molecule has 0 aromatic heterocycles. The van der Waals surface area contributed by atoms with Crippen LogP contribution in [0.4, 0.5) is 0 Å². The highest BCUT2D eigenvalue weighted by Gasteiger charge is 2.16. The molecule has 0 aliphatic carbocycles. The van der Waals surface area contributed by atoms with E-state index >= 15 is 0 Å². The van der Waals surface area contributed by atoms with Crippen LogP contribution in [-0.2, 0) is 6.54 Å². The Kier molecular flexibility index (Phi) is 4.37. The van der Waals surface area contributed by atoms with Gasteiger partial charge in [-0.3, -0.25) is 4.90 Å². The van der Waals surface area contributed by atoms with E-state index in [4.69, 9.17) is 0 Å². The highest BCUT2D eigenvalue weighted by atomic mass is 16.3. The van der Waals surface area contributed by atoms with Gasteiger partial charge in [0.25, 0.3) is 0 Å². The fourth-order valence-corrected chi connectivity index (χ4v) is 3.07. The maximum atomic E-state index is 9.59. The van der Waals surface area contributed by atoms with Crippen LogP contribution in [0.25, 0.3) is 11.1 Å². The summed E-state index contributed by atoms with van der Waals surface area (Å²) in [5.74, 6) is 0. The monoisotopic (exact) mass is 281 g/mol. The van der Waals surface area contributed by atoms with Gasteiger partial charge < -0.3 is 5.11 Å². The molecule has 0 atom stereocenters. The summed E-state index contributed by atoms with van der Waals surface area (Å²) in [7, 11) is 0. The molecular weight excluding hydrogens is 258 g/mol. The van der Waals surface area contributed by atoms with Crippen molar-refractivity contribution >= 4 is 0 Å². The lowest BCUT2D eigenvalue weighted by Crippen LogP contribution is -2.35. The molecule has 1 heterocycles. The number of aliphatic hydroxyl groups is 1. The van der Waals surface area contributed by atoms with E-state index < -0.39 is 0 Å². The number of nitrogens with zero attached hydrogens (tertiary/aromatic N) is 1. The third-order valence-corrected chi connectivity index (χ3v) is 4.35. The fourth-order valence-electron chi connectivity index (χ4n) is 3.07. The number of hydrogen-bond acceptors (Lipinski definition) is 2. The number of aryl methyl sites for hydroxylation is 1. The molecule has 1 fully saturated rings. The van der Waals surface area contributed by atoms with Crippen molar-refractivity contribution in [1.82, 2.24) is 4.90 Å². The van der Waals surface area contributed by atoms with Crippen LogP contribution in [0.5, 0.6) is 0 Å². The molecular formula is C19H23NO. The number of aliphatic hydroxyl groups excluding tert-OH is 1. The van der Waals surface area contributed by atoms with Crippen molar-refractivity contribution in [3.05, 3.63) is 59.7 Å². The molecule has 21 heavy (non-hydrogen) atoms. The molecule has 110 valence electrons. The van der Waals surface area contributed by atoms with Gasteiger partial charge in [-0.25, -0.2) is 0 Å². The summed E-state index contributed by atoms with van der Waals surface area (Å²) in [5.41, 5.74) is 5.28. The number of rotatable bonds is 3. The lowest BCUT2D eigenvalue weighted by Gasteiger charge is -2.29. The van der Waals surface area contributed by atoms with Crippen molar-refractivity contribution in [2.24, 2.45) is 0 Å². The van der Waals surface area contributed by atoms with E-state index in [0.29, 0.717) is 0 Å². The predicted octanol–water partition coefficient (Wildman–Crippen LogP) is 3.62. The van der Waals surface area contributed by atoms with E-state index in [0.717, 1.165) is 32.5 Å². The molecule has 0 amide bonds. The minimum absolute atomic E-state index is 0.0976. The normalized spacial score (nSPS) is 17.0. The zero-order valence-electron chi connectivity index (χ0n) is 12.6. The first kappa shape index (κ1) is 14.3. The van der Waals surface area contributed by atoms with Gasteiger partial charge in [-0.15, -0.1) is 0 Å². The topological polar surface area (TPSA) is 23.5 Å². The van der Waals surface area contributed by atoms with Gasteiger partial charge in [0.05, 0.1) is 6.10 Å². The van der Waals surface area contributed by atoms with Crippen LogP contribution in [0.1, 0.15) is 24.0 Å². The largest absolute Gasteiger partial charge is 0.393 e. The Morgan fingerprint density at radius 2 is 1.81 bits per heavy atom. The molecule has 2 aromatic carbocycles. The number of piperidine rings is 1. The van der Waals surface area contributed by atoms with Crippen molar-refractivity contribution in [2.45, 2.75) is 32.4 Å². The van der Waals surface area contributed by atoms with Crippen LogP contribution in [0.3, 0.4) is 0 Å². The van der Waals surface area contributed by atoms with Crippen LogP contribution >= 0.6 is 0 Å². The third kappa shape index (κ3) is 3.52. The number of hydrogen-bond donors (Lipinski definition) is 1. The molecule has 1 N–H and O–H groups in total. The van der Waals surface area contributed by atoms with E-state index in [9.17, 15) is 5.11 Å². The first-order valence-corrected chi connectivity index (χ1v) is 7.78. The summed E-state index contributed by atoms with van der Waals surface area (Å²) in [6.07, 6.45) is 1.70. The average molecular weight is 281 g/mol. The summed E-state index contributed by atoms with van der Waals surface area (Å²) in [6.45, 7) is 5.13. The molecule has 1 aliphatic rings. The summed E-state index contributed by atoms with van der Waals surface area (Å²) < 4.78 is 0. The first-order chi connectivity index (χ1) is 10.2. The highest BCUT2D eigenvalue weighted by Crippen LogP contribution is 2.24. The van der Waals surface area contributed by atoms with Gasteiger partial charge in [0.1, 0.15) is 0 Å². The molecule has 2 nitrogen and oxygen atoms in total. The molecule has 1 aliphatic heterocycles. The second-order valence-electron chi connectivity index (χ2n) is 6.02. The van der Waals surface area contributed by atoms with Crippen molar-refractivity contribution in [3.8, 4) is 11.1 Å². The van der Waals surface area contributed by atoms with Crippen LogP contribution < -0.4 is 0 Å². The fraction of sp³-hybridized carbons (Fsp3) is 0.368. The van der Waals surface area contributed by atoms with Crippen molar-refractivity contribution in [1.29, 1.82) is 0 Å². The van der Waals surface area contributed by atoms with Gasteiger partial charge in [0.2, 0.25) is 0 Å². The quantitative estimate of drug-likeness (QED) is 0.929. The summed E-state index contributed by atoms with van der Waals surface area (Å²) in [4.78, 5) is 2.43. The second-order valence-corrected chi connectivity index (χ2v) is 6.02. The predicted molar refractivity (Wildman–Crippen MR) is 87.1 cm³/mol. The Labute approximate surface area is 127 Å². The molecule has 0 spiro atoms. The van der Waals surface area contributed by atoms with Crippen molar-refractivity contribution in [3.63, 3.8) is 0 Å². The van der Waals surface area contributed by atoms with Gasteiger partial charge in [0, 0.05) is 19.6 Å². The van der Waals surface area contributed by atoms with Gasteiger partial charge >= 0.3 is 0 Å². The van der Waals surface area contributed by atoms with Gasteiger partial charge in [-0.1, -0.05) is 42.5 Å². The average Bonchev–Trinajstić information content (AvgIpc) is 2.50. The van der Waals surface area contributed by atoms with Crippen LogP contribution in [-0.4, -0.2) is 29.2 Å². The molecule has 0 saturated carbocycles. The summed E-state index contributed by atoms with van der Waals surface area (Å²) in [6, 6.07) is 17.4. The van der Waals surface area contributed by atoms with Gasteiger partial charge in [-0.2, -0.15) is 0 Å². The Hall–Kier alpha value is -1.64. The van der Waals surface area contributed by atoms with E-state index in [2.05, 4.69) is 60.4 Å². The molecule has 0 unspecified atom stereocenters. The molecule has 3 rings (SSSR count). The summed E-state index contributed by atoms with van der Waals surface area (Å²) >= 11 is 0. The first-order valence-electron chi connectivity index (χ1n) is 7.78. The Balaban J connectivity index is 1.76. The van der Waals surface area contributed by atoms with Crippen LogP contribution in [0, 0.1) is 6.92 Å². The lowest BCUT2D eigenvalue weighted by molar-refractivity contribution is 0.0792. The molecule has 2 heteroatoms. The van der Waals surface area contributed by atoms with Gasteiger partial charge in [0.15, 0.2) is 0 Å². The lowest BCUT2D eigenvalue weighted by atomic mass is 9.98. The van der Waals surface area contributed by atoms with Gasteiger partial charge in [-0.05, 0) is 48.1 Å². The Morgan fingerprint density at radius 1 is 1.05 bits per heavy atom. The maximum Gasteiger partial charge on any atom is 0.0564 e. The van der Waals surface area contributed by atoms with E-state index in [1.54, 1.807) is 0 Å². The zero-order valence-corrected chi connectivity index (χ0v) is 12.6. The third-order valence-electron chi connectivity index (χ3n) is 4.35. The Bertz CT molecular complexity index is 600. The summed E-state index contributed by atoms with van der Waals surface area (Å²) in [5, 5.41) is 9.59. The minimum atomic E-state index is -0.0976. The number of benzene rings is 2. The second kappa shape index (κ2) is 6.42. The molecule has 0 radical (unpaired) electrons. The smallest absolute Gasteiger partial charge is 0.0564 e. The van der Waals surface area contributed by atoms with E-state index in [1.807, 2.05) is 0 Å². The van der Waals surface area contributed by atoms with Crippen molar-refractivity contribution < 1.29 is 5.11 Å². The van der Waals surface area contributed by atoms with E-state index in [-0.39, 0.29) is 6.10 Å². The molecule has 2 aromatic rings. The van der Waals surface area contributed by atoms with E-state index in [1.165, 1.54) is 22.3 Å². The molecule has 0 bridgehead atoms. The zero-order chi connectivity index (χ0) is 14.7. The van der Waals surface area contributed by atoms with Crippen molar-refractivity contribution in [2.75, 3.05) is 13.1 Å². The maximum absolute atomic E-state index is 9.59. The standard InChI is InChI=1S/C19H23NO/c1-15-5-2-3-8-19(15)17-7-4-6-16(13-17)14-20-11-9-18(21)10-12-20/h2-8,13,18,21H,9-12,14H2,1H3.